The lowest BCUT2D eigenvalue weighted by Crippen LogP contribution is -2.54. The lowest BCUT2D eigenvalue weighted by Gasteiger charge is -2.44. The normalized spacial score (nSPS) is 19.8. The molecule has 0 radical (unpaired) electrons. The summed E-state index contributed by atoms with van der Waals surface area (Å²) in [5, 5.41) is 1.03. The predicted molar refractivity (Wildman–Crippen MR) is 113 cm³/mol. The fourth-order valence-corrected chi connectivity index (χ4v) is 6.65. The first-order valence-corrected chi connectivity index (χ1v) is 11.6. The first kappa shape index (κ1) is 18.5. The Balaban J connectivity index is 1.38. The summed E-state index contributed by atoms with van der Waals surface area (Å²) >= 11 is 0. The zero-order chi connectivity index (χ0) is 19.9. The van der Waals surface area contributed by atoms with Crippen molar-refractivity contribution in [1.29, 1.82) is 0 Å². The maximum absolute atomic E-state index is 13.3. The first-order valence-electron chi connectivity index (χ1n) is 10.1. The summed E-state index contributed by atoms with van der Waals surface area (Å²) < 4.78 is 28.4. The summed E-state index contributed by atoms with van der Waals surface area (Å²) in [6.45, 7) is 2.13. The molecule has 2 aliphatic heterocycles. The van der Waals surface area contributed by atoms with Gasteiger partial charge in [0.1, 0.15) is 0 Å². The minimum absolute atomic E-state index is 0.290. The molecule has 0 amide bonds. The molecular formula is C22H24N4O2S. The van der Waals surface area contributed by atoms with Crippen LogP contribution in [0, 0.1) is 0 Å². The number of hydrogen-bond acceptors (Lipinski definition) is 5. The van der Waals surface area contributed by atoms with Crippen LogP contribution in [0.15, 0.2) is 65.7 Å². The zero-order valence-electron chi connectivity index (χ0n) is 16.2. The Labute approximate surface area is 171 Å². The van der Waals surface area contributed by atoms with Crippen molar-refractivity contribution >= 4 is 26.9 Å². The Kier molecular flexibility index (Phi) is 4.52. The molecule has 0 unspecified atom stereocenters. The Hall–Kier alpha value is -2.51. The van der Waals surface area contributed by atoms with Gasteiger partial charge in [-0.25, -0.2) is 18.4 Å². The van der Waals surface area contributed by atoms with Gasteiger partial charge in [-0.1, -0.05) is 36.4 Å². The molecule has 150 valence electrons. The molecule has 2 aliphatic rings. The number of fused-ring (bicyclic) bond motifs is 1. The van der Waals surface area contributed by atoms with Crippen LogP contribution >= 0.6 is 0 Å². The molecule has 5 rings (SSSR count). The topological polar surface area (TPSA) is 66.4 Å². The van der Waals surface area contributed by atoms with E-state index in [1.807, 2.05) is 36.5 Å². The first-order chi connectivity index (χ1) is 14.1. The second-order valence-electron chi connectivity index (χ2n) is 7.93. The fraction of sp³-hybridized carbons (Fsp3) is 0.364. The van der Waals surface area contributed by atoms with E-state index in [0.29, 0.717) is 11.4 Å². The SMILES string of the molecule is O=S(=O)(c1ccccc1)N1CCCC12CCN(c1ncc3ccccc3n1)CC2. The molecule has 2 aromatic carbocycles. The molecule has 1 spiro atoms. The van der Waals surface area contributed by atoms with Crippen molar-refractivity contribution in [3.8, 4) is 0 Å². The van der Waals surface area contributed by atoms with Crippen molar-refractivity contribution in [3.05, 3.63) is 60.8 Å². The molecule has 0 N–H and O–H groups in total. The molecule has 0 saturated carbocycles. The molecule has 2 saturated heterocycles. The second-order valence-corrected chi connectivity index (χ2v) is 9.80. The quantitative estimate of drug-likeness (QED) is 0.664. The molecule has 0 atom stereocenters. The van der Waals surface area contributed by atoms with Crippen LogP contribution in [0.2, 0.25) is 0 Å². The number of rotatable bonds is 3. The number of piperidine rings is 1. The summed E-state index contributed by atoms with van der Waals surface area (Å²) in [5.41, 5.74) is 0.647. The van der Waals surface area contributed by atoms with Crippen molar-refractivity contribution in [3.63, 3.8) is 0 Å². The van der Waals surface area contributed by atoms with Crippen LogP contribution in [0.1, 0.15) is 25.7 Å². The van der Waals surface area contributed by atoms with Crippen LogP contribution in [0.5, 0.6) is 0 Å². The van der Waals surface area contributed by atoms with Gasteiger partial charge in [-0.2, -0.15) is 4.31 Å². The van der Waals surface area contributed by atoms with Gasteiger partial charge in [0, 0.05) is 36.8 Å². The van der Waals surface area contributed by atoms with Crippen molar-refractivity contribution in [2.45, 2.75) is 36.1 Å². The lowest BCUT2D eigenvalue weighted by molar-refractivity contribution is 0.192. The van der Waals surface area contributed by atoms with E-state index in [1.165, 1.54) is 0 Å². The molecule has 3 aromatic rings. The van der Waals surface area contributed by atoms with Crippen molar-refractivity contribution in [2.75, 3.05) is 24.5 Å². The highest BCUT2D eigenvalue weighted by molar-refractivity contribution is 7.89. The summed E-state index contributed by atoms with van der Waals surface area (Å²) in [5.74, 6) is 0.731. The van der Waals surface area contributed by atoms with Gasteiger partial charge in [0.15, 0.2) is 0 Å². The van der Waals surface area contributed by atoms with Crippen LogP contribution in [0.4, 0.5) is 5.95 Å². The Bertz CT molecular complexity index is 1130. The summed E-state index contributed by atoms with van der Waals surface area (Å²) in [4.78, 5) is 11.8. The Morgan fingerprint density at radius 2 is 1.59 bits per heavy atom. The smallest absolute Gasteiger partial charge is 0.243 e. The highest BCUT2D eigenvalue weighted by atomic mass is 32.2. The second kappa shape index (κ2) is 7.07. The number of para-hydroxylation sites is 1. The van der Waals surface area contributed by atoms with Crippen molar-refractivity contribution in [2.24, 2.45) is 0 Å². The monoisotopic (exact) mass is 408 g/mol. The highest BCUT2D eigenvalue weighted by Gasteiger charge is 2.49. The highest BCUT2D eigenvalue weighted by Crippen LogP contribution is 2.42. The Morgan fingerprint density at radius 1 is 0.862 bits per heavy atom. The van der Waals surface area contributed by atoms with Crippen LogP contribution < -0.4 is 4.90 Å². The van der Waals surface area contributed by atoms with Gasteiger partial charge in [0.25, 0.3) is 0 Å². The van der Waals surface area contributed by atoms with Crippen LogP contribution in [0.25, 0.3) is 10.9 Å². The molecule has 0 aliphatic carbocycles. The predicted octanol–water partition coefficient (Wildman–Crippen LogP) is 3.45. The average Bonchev–Trinajstić information content (AvgIpc) is 3.18. The molecular weight excluding hydrogens is 384 g/mol. The lowest BCUT2D eigenvalue weighted by atomic mass is 9.86. The minimum atomic E-state index is -3.47. The third-order valence-corrected chi connectivity index (χ3v) is 8.33. The van der Waals surface area contributed by atoms with E-state index in [-0.39, 0.29) is 5.54 Å². The number of benzene rings is 2. The Morgan fingerprint density at radius 3 is 2.38 bits per heavy atom. The third kappa shape index (κ3) is 3.18. The number of anilines is 1. The fourth-order valence-electron chi connectivity index (χ4n) is 4.75. The van der Waals surface area contributed by atoms with Crippen molar-refractivity contribution in [1.82, 2.24) is 14.3 Å². The summed E-state index contributed by atoms with van der Waals surface area (Å²) in [6.07, 6.45) is 5.30. The van der Waals surface area contributed by atoms with E-state index in [9.17, 15) is 8.42 Å². The van der Waals surface area contributed by atoms with Crippen LogP contribution in [-0.2, 0) is 10.0 Å². The van der Waals surface area contributed by atoms with E-state index in [1.54, 1.807) is 28.6 Å². The van der Waals surface area contributed by atoms with Crippen LogP contribution in [-0.4, -0.2) is 47.9 Å². The van der Waals surface area contributed by atoms with Gasteiger partial charge < -0.3 is 4.90 Å². The third-order valence-electron chi connectivity index (χ3n) is 6.32. The maximum atomic E-state index is 13.3. The van der Waals surface area contributed by atoms with Gasteiger partial charge in [-0.15, -0.1) is 0 Å². The van der Waals surface area contributed by atoms with Gasteiger partial charge in [0.05, 0.1) is 10.4 Å². The van der Waals surface area contributed by atoms with Crippen molar-refractivity contribution < 1.29 is 8.42 Å². The largest absolute Gasteiger partial charge is 0.341 e. The van der Waals surface area contributed by atoms with E-state index in [2.05, 4.69) is 9.88 Å². The number of sulfonamides is 1. The summed E-state index contributed by atoms with van der Waals surface area (Å²) in [7, 11) is -3.47. The molecule has 7 heteroatoms. The number of hydrogen-bond donors (Lipinski definition) is 0. The van der Waals surface area contributed by atoms with Gasteiger partial charge in [0.2, 0.25) is 16.0 Å². The standard InChI is InChI=1S/C22H24N4O2S/c27-29(28,19-8-2-1-3-9-19)26-14-6-11-22(26)12-15-25(16-13-22)21-23-17-18-7-4-5-10-20(18)24-21/h1-5,7-10,17H,6,11-16H2. The average molecular weight is 409 g/mol. The molecule has 1 aromatic heterocycles. The number of nitrogens with zero attached hydrogens (tertiary/aromatic N) is 4. The van der Waals surface area contributed by atoms with Gasteiger partial charge in [-0.3, -0.25) is 0 Å². The maximum Gasteiger partial charge on any atom is 0.243 e. The molecule has 0 bridgehead atoms. The summed E-state index contributed by atoms with van der Waals surface area (Å²) in [6, 6.07) is 16.8. The van der Waals surface area contributed by atoms with E-state index >= 15 is 0 Å². The zero-order valence-corrected chi connectivity index (χ0v) is 17.1. The van der Waals surface area contributed by atoms with E-state index in [4.69, 9.17) is 4.98 Å². The van der Waals surface area contributed by atoms with Gasteiger partial charge in [-0.05, 0) is 43.9 Å². The van der Waals surface area contributed by atoms with Gasteiger partial charge >= 0.3 is 0 Å². The minimum Gasteiger partial charge on any atom is -0.341 e. The molecule has 3 heterocycles. The molecule has 6 nitrogen and oxygen atoms in total. The van der Waals surface area contributed by atoms with E-state index < -0.39 is 10.0 Å². The molecule has 2 fully saturated rings. The van der Waals surface area contributed by atoms with Crippen LogP contribution in [0.3, 0.4) is 0 Å². The number of aromatic nitrogens is 2. The molecule has 29 heavy (non-hydrogen) atoms. The van der Waals surface area contributed by atoms with E-state index in [0.717, 1.165) is 55.6 Å².